The highest BCUT2D eigenvalue weighted by molar-refractivity contribution is 5.75. The topological polar surface area (TPSA) is 109 Å². The van der Waals surface area contributed by atoms with E-state index in [0.717, 1.165) is 0 Å². The van der Waals surface area contributed by atoms with Crippen LogP contribution in [0.15, 0.2) is 12.7 Å². The standard InChI is InChI=1S/C12H21N5O3/c1-9(2)5-10(11(18)19)6-15-12(20)14-3-4-17-8-13-7-16-17/h7-10H,3-6H2,1-2H3,(H,18,19)(H2,14,15,20). The Kier molecular flexibility index (Phi) is 6.48. The Labute approximate surface area is 117 Å². The Bertz CT molecular complexity index is 419. The van der Waals surface area contributed by atoms with Crippen LogP contribution in [0, 0.1) is 11.8 Å². The number of aromatic nitrogens is 3. The van der Waals surface area contributed by atoms with Gasteiger partial charge in [0.1, 0.15) is 12.7 Å². The van der Waals surface area contributed by atoms with Crippen LogP contribution in [-0.2, 0) is 11.3 Å². The zero-order valence-corrected chi connectivity index (χ0v) is 11.7. The first kappa shape index (κ1) is 15.9. The first-order valence-electron chi connectivity index (χ1n) is 6.56. The molecule has 0 saturated carbocycles. The van der Waals surface area contributed by atoms with Gasteiger partial charge >= 0.3 is 12.0 Å². The smallest absolute Gasteiger partial charge is 0.314 e. The average Bonchev–Trinajstić information content (AvgIpc) is 2.86. The normalized spacial score (nSPS) is 12.2. The van der Waals surface area contributed by atoms with E-state index in [1.54, 1.807) is 11.0 Å². The molecule has 2 amide bonds. The van der Waals surface area contributed by atoms with Gasteiger partial charge < -0.3 is 15.7 Å². The number of nitrogens with zero attached hydrogens (tertiary/aromatic N) is 3. The van der Waals surface area contributed by atoms with Crippen LogP contribution in [0.1, 0.15) is 20.3 Å². The first-order valence-corrected chi connectivity index (χ1v) is 6.56. The third-order valence-electron chi connectivity index (χ3n) is 2.71. The second-order valence-corrected chi connectivity index (χ2v) is 4.96. The Hall–Kier alpha value is -2.12. The number of nitrogens with one attached hydrogen (secondary N) is 2. The van der Waals surface area contributed by atoms with Crippen molar-refractivity contribution in [3.05, 3.63) is 12.7 Å². The van der Waals surface area contributed by atoms with E-state index in [9.17, 15) is 9.59 Å². The van der Waals surface area contributed by atoms with Gasteiger partial charge in [0.2, 0.25) is 0 Å². The molecule has 1 rings (SSSR count). The number of carbonyl (C=O) groups excluding carboxylic acids is 1. The van der Waals surface area contributed by atoms with E-state index < -0.39 is 11.9 Å². The van der Waals surface area contributed by atoms with Gasteiger partial charge in [-0.1, -0.05) is 13.8 Å². The van der Waals surface area contributed by atoms with Crippen molar-refractivity contribution in [1.29, 1.82) is 0 Å². The largest absolute Gasteiger partial charge is 0.481 e. The van der Waals surface area contributed by atoms with Crippen molar-refractivity contribution >= 4 is 12.0 Å². The van der Waals surface area contributed by atoms with Gasteiger partial charge in [0.15, 0.2) is 0 Å². The zero-order chi connectivity index (χ0) is 15.0. The summed E-state index contributed by atoms with van der Waals surface area (Å²) < 4.78 is 1.60. The van der Waals surface area contributed by atoms with Gasteiger partial charge in [0.05, 0.1) is 12.5 Å². The molecule has 0 fully saturated rings. The van der Waals surface area contributed by atoms with Gasteiger partial charge in [-0.05, 0) is 12.3 Å². The Morgan fingerprint density at radius 2 is 2.10 bits per heavy atom. The molecule has 0 bridgehead atoms. The van der Waals surface area contributed by atoms with E-state index >= 15 is 0 Å². The second kappa shape index (κ2) is 8.13. The third kappa shape index (κ3) is 6.17. The maximum atomic E-state index is 11.5. The lowest BCUT2D eigenvalue weighted by Crippen LogP contribution is -2.41. The van der Waals surface area contributed by atoms with Gasteiger partial charge in [-0.15, -0.1) is 0 Å². The molecule has 20 heavy (non-hydrogen) atoms. The predicted octanol–water partition coefficient (Wildman–Crippen LogP) is 0.324. The van der Waals surface area contributed by atoms with E-state index in [0.29, 0.717) is 19.5 Å². The number of aliphatic carboxylic acids is 1. The monoisotopic (exact) mass is 283 g/mol. The molecule has 1 aromatic rings. The van der Waals surface area contributed by atoms with Crippen molar-refractivity contribution in [3.63, 3.8) is 0 Å². The van der Waals surface area contributed by atoms with E-state index in [1.165, 1.54) is 6.33 Å². The quantitative estimate of drug-likeness (QED) is 0.636. The zero-order valence-electron chi connectivity index (χ0n) is 11.7. The predicted molar refractivity (Wildman–Crippen MR) is 72.0 cm³/mol. The highest BCUT2D eigenvalue weighted by Crippen LogP contribution is 2.10. The van der Waals surface area contributed by atoms with Crippen molar-refractivity contribution in [2.45, 2.75) is 26.8 Å². The summed E-state index contributed by atoms with van der Waals surface area (Å²) >= 11 is 0. The summed E-state index contributed by atoms with van der Waals surface area (Å²) in [6.07, 6.45) is 3.51. The Balaban J connectivity index is 2.22. The van der Waals surface area contributed by atoms with Crippen LogP contribution >= 0.6 is 0 Å². The summed E-state index contributed by atoms with van der Waals surface area (Å²) in [5, 5.41) is 18.2. The summed E-state index contributed by atoms with van der Waals surface area (Å²) in [5.74, 6) is -1.18. The number of carboxylic acids is 1. The molecule has 1 atom stereocenters. The van der Waals surface area contributed by atoms with Crippen LogP contribution in [0.5, 0.6) is 0 Å². The number of amides is 2. The highest BCUT2D eigenvalue weighted by Gasteiger charge is 2.19. The summed E-state index contributed by atoms with van der Waals surface area (Å²) in [5.41, 5.74) is 0. The molecular formula is C12H21N5O3. The fourth-order valence-corrected chi connectivity index (χ4v) is 1.75. The molecule has 0 aliphatic carbocycles. The van der Waals surface area contributed by atoms with E-state index in [-0.39, 0.29) is 18.5 Å². The summed E-state index contributed by atoms with van der Waals surface area (Å²) in [6, 6.07) is -0.375. The molecule has 1 heterocycles. The lowest BCUT2D eigenvalue weighted by atomic mass is 9.97. The molecule has 112 valence electrons. The summed E-state index contributed by atoms with van der Waals surface area (Å²) in [7, 11) is 0. The summed E-state index contributed by atoms with van der Waals surface area (Å²) in [6.45, 7) is 4.95. The van der Waals surface area contributed by atoms with E-state index in [4.69, 9.17) is 5.11 Å². The minimum absolute atomic E-state index is 0.128. The molecule has 1 aromatic heterocycles. The van der Waals surface area contributed by atoms with Gasteiger partial charge in [-0.25, -0.2) is 9.78 Å². The molecule has 0 aliphatic rings. The molecule has 8 heteroatoms. The Morgan fingerprint density at radius 3 is 2.65 bits per heavy atom. The lowest BCUT2D eigenvalue weighted by molar-refractivity contribution is -0.142. The van der Waals surface area contributed by atoms with Crippen molar-refractivity contribution in [3.8, 4) is 0 Å². The molecular weight excluding hydrogens is 262 g/mol. The van der Waals surface area contributed by atoms with Gasteiger partial charge in [-0.3, -0.25) is 9.48 Å². The SMILES string of the molecule is CC(C)CC(CNC(=O)NCCn1cncn1)C(=O)O. The number of hydrogen-bond donors (Lipinski definition) is 3. The van der Waals surface area contributed by atoms with Crippen LogP contribution in [0.3, 0.4) is 0 Å². The maximum Gasteiger partial charge on any atom is 0.314 e. The number of carbonyl (C=O) groups is 2. The van der Waals surface area contributed by atoms with Crippen LogP contribution < -0.4 is 10.6 Å². The van der Waals surface area contributed by atoms with Crippen molar-refractivity contribution in [2.75, 3.05) is 13.1 Å². The number of rotatable bonds is 8. The van der Waals surface area contributed by atoms with Gasteiger partial charge in [0.25, 0.3) is 0 Å². The molecule has 0 spiro atoms. The van der Waals surface area contributed by atoms with Crippen LogP contribution in [0.4, 0.5) is 4.79 Å². The number of urea groups is 1. The molecule has 0 radical (unpaired) electrons. The molecule has 8 nitrogen and oxygen atoms in total. The van der Waals surface area contributed by atoms with Crippen LogP contribution in [0.25, 0.3) is 0 Å². The van der Waals surface area contributed by atoms with Crippen LogP contribution in [-0.4, -0.2) is 45.0 Å². The van der Waals surface area contributed by atoms with Crippen molar-refractivity contribution in [1.82, 2.24) is 25.4 Å². The molecule has 0 saturated heterocycles. The molecule has 0 aliphatic heterocycles. The molecule has 1 unspecified atom stereocenters. The lowest BCUT2D eigenvalue weighted by Gasteiger charge is -2.15. The minimum atomic E-state index is -0.887. The van der Waals surface area contributed by atoms with Crippen LogP contribution in [0.2, 0.25) is 0 Å². The third-order valence-corrected chi connectivity index (χ3v) is 2.71. The summed E-state index contributed by atoms with van der Waals surface area (Å²) in [4.78, 5) is 26.3. The molecule has 3 N–H and O–H groups in total. The maximum absolute atomic E-state index is 11.5. The first-order chi connectivity index (χ1) is 9.49. The minimum Gasteiger partial charge on any atom is -0.481 e. The fourth-order valence-electron chi connectivity index (χ4n) is 1.75. The second-order valence-electron chi connectivity index (χ2n) is 4.96. The van der Waals surface area contributed by atoms with Gasteiger partial charge in [0, 0.05) is 13.1 Å². The van der Waals surface area contributed by atoms with Gasteiger partial charge in [-0.2, -0.15) is 5.10 Å². The number of carboxylic acid groups (broad SMARTS) is 1. The fraction of sp³-hybridized carbons (Fsp3) is 0.667. The number of hydrogen-bond acceptors (Lipinski definition) is 4. The van der Waals surface area contributed by atoms with E-state index in [2.05, 4.69) is 20.7 Å². The van der Waals surface area contributed by atoms with E-state index in [1.807, 2.05) is 13.8 Å². The Morgan fingerprint density at radius 1 is 1.35 bits per heavy atom. The highest BCUT2D eigenvalue weighted by atomic mass is 16.4. The van der Waals surface area contributed by atoms with Crippen molar-refractivity contribution in [2.24, 2.45) is 11.8 Å². The average molecular weight is 283 g/mol. The van der Waals surface area contributed by atoms with Crippen molar-refractivity contribution < 1.29 is 14.7 Å². The molecule has 0 aromatic carbocycles.